The fraction of sp³-hybridized carbons (Fsp3) is 0.875. The van der Waals surface area contributed by atoms with Crippen LogP contribution in [0.25, 0.3) is 0 Å². The molecule has 142 valence electrons. The predicted molar refractivity (Wildman–Crippen MR) is 107 cm³/mol. The van der Waals surface area contributed by atoms with Crippen LogP contribution in [0.5, 0.6) is 0 Å². The van der Waals surface area contributed by atoms with Crippen molar-refractivity contribution < 1.29 is 14.3 Å². The molecule has 1 unspecified atom stereocenters. The monoisotopic (exact) mass is 456 g/mol. The topological polar surface area (TPSA) is 75.2 Å². The minimum atomic E-state index is -0.221. The van der Waals surface area contributed by atoms with Gasteiger partial charge in [-0.2, -0.15) is 0 Å². The summed E-state index contributed by atoms with van der Waals surface area (Å²) in [5.74, 6) is 1.05. The van der Waals surface area contributed by atoms with Gasteiger partial charge in [0.1, 0.15) is 0 Å². The number of hydrogen-bond acceptors (Lipinski definition) is 5. The zero-order valence-electron chi connectivity index (χ0n) is 15.3. The number of esters is 1. The van der Waals surface area contributed by atoms with Gasteiger partial charge in [0.05, 0.1) is 33.3 Å². The number of nitrogens with one attached hydrogen (secondary N) is 2. The Morgan fingerprint density at radius 3 is 2.50 bits per heavy atom. The molecule has 0 amide bonds. The first-order valence-electron chi connectivity index (χ1n) is 8.49. The van der Waals surface area contributed by atoms with Crippen molar-refractivity contribution >= 4 is 35.9 Å². The van der Waals surface area contributed by atoms with Crippen molar-refractivity contribution in [1.82, 2.24) is 15.5 Å². The van der Waals surface area contributed by atoms with Crippen molar-refractivity contribution in [1.29, 1.82) is 0 Å². The van der Waals surface area contributed by atoms with Crippen LogP contribution in [0.2, 0.25) is 0 Å². The molecule has 0 aromatic heterocycles. The third-order valence-electron chi connectivity index (χ3n) is 3.91. The second kappa shape index (κ2) is 13.7. The molecular weight excluding hydrogens is 423 g/mol. The highest BCUT2D eigenvalue weighted by Gasteiger charge is 2.23. The Bertz CT molecular complexity index is 374. The minimum Gasteiger partial charge on any atom is -0.469 e. The molecule has 2 N–H and O–H groups in total. The molecule has 7 nitrogen and oxygen atoms in total. The van der Waals surface area contributed by atoms with Crippen molar-refractivity contribution in [2.24, 2.45) is 10.9 Å². The minimum absolute atomic E-state index is 0. The second-order valence-electron chi connectivity index (χ2n) is 5.93. The normalized spacial score (nSPS) is 17.1. The summed E-state index contributed by atoms with van der Waals surface area (Å²) in [6, 6.07) is 0.398. The van der Waals surface area contributed by atoms with Gasteiger partial charge in [-0.15, -0.1) is 24.0 Å². The van der Waals surface area contributed by atoms with E-state index in [4.69, 9.17) is 9.73 Å². The lowest BCUT2D eigenvalue weighted by atomic mass is 10.0. The smallest absolute Gasteiger partial charge is 0.307 e. The fourth-order valence-corrected chi connectivity index (χ4v) is 2.57. The summed E-state index contributed by atoms with van der Waals surface area (Å²) >= 11 is 0. The van der Waals surface area contributed by atoms with E-state index in [1.54, 1.807) is 0 Å². The lowest BCUT2D eigenvalue weighted by Gasteiger charge is -2.36. The van der Waals surface area contributed by atoms with Gasteiger partial charge in [0.15, 0.2) is 5.96 Å². The molecule has 1 atom stereocenters. The predicted octanol–water partition coefficient (Wildman–Crippen LogP) is 1.08. The number of nitrogens with zero attached hydrogens (tertiary/aromatic N) is 2. The molecule has 24 heavy (non-hydrogen) atoms. The van der Waals surface area contributed by atoms with E-state index in [0.717, 1.165) is 45.4 Å². The highest BCUT2D eigenvalue weighted by atomic mass is 127. The number of morpholine rings is 1. The molecular formula is C16H33IN4O3. The number of ether oxygens (including phenoxy) is 2. The Hall–Kier alpha value is -0.610. The van der Waals surface area contributed by atoms with Crippen LogP contribution in [0.4, 0.5) is 0 Å². The molecule has 8 heteroatoms. The van der Waals surface area contributed by atoms with Gasteiger partial charge in [-0.25, -0.2) is 0 Å². The molecule has 0 aliphatic carbocycles. The molecule has 0 spiro atoms. The molecule has 1 fully saturated rings. The number of methoxy groups -OCH3 is 1. The van der Waals surface area contributed by atoms with E-state index in [0.29, 0.717) is 24.9 Å². The van der Waals surface area contributed by atoms with Gasteiger partial charge in [0.2, 0.25) is 0 Å². The zero-order valence-corrected chi connectivity index (χ0v) is 17.7. The van der Waals surface area contributed by atoms with Gasteiger partial charge >= 0.3 is 5.97 Å². The number of halogens is 1. The van der Waals surface area contributed by atoms with Crippen LogP contribution in [0.15, 0.2) is 4.99 Å². The highest BCUT2D eigenvalue weighted by Crippen LogP contribution is 2.13. The lowest BCUT2D eigenvalue weighted by molar-refractivity contribution is -0.140. The maximum atomic E-state index is 11.2. The van der Waals surface area contributed by atoms with Crippen LogP contribution in [0.3, 0.4) is 0 Å². The van der Waals surface area contributed by atoms with Gasteiger partial charge in [-0.05, 0) is 12.8 Å². The number of rotatable bonds is 8. The quantitative estimate of drug-likeness (QED) is 0.247. The van der Waals surface area contributed by atoms with Gasteiger partial charge in [0.25, 0.3) is 0 Å². The summed E-state index contributed by atoms with van der Waals surface area (Å²) in [7, 11) is 1.40. The SMILES string of the molecule is CCNC(=NCC(C(C)C)N1CCOCC1)NCCC(=O)OC.I. The third kappa shape index (κ3) is 9.03. The molecule has 0 aromatic carbocycles. The van der Waals surface area contributed by atoms with Gasteiger partial charge in [-0.3, -0.25) is 14.7 Å². The van der Waals surface area contributed by atoms with E-state index < -0.39 is 0 Å². The average Bonchev–Trinajstić information content (AvgIpc) is 2.55. The summed E-state index contributed by atoms with van der Waals surface area (Å²) in [5.41, 5.74) is 0. The van der Waals surface area contributed by atoms with Crippen molar-refractivity contribution in [3.63, 3.8) is 0 Å². The van der Waals surface area contributed by atoms with Crippen LogP contribution in [-0.2, 0) is 14.3 Å². The summed E-state index contributed by atoms with van der Waals surface area (Å²) in [6.45, 7) is 12.0. The van der Waals surface area contributed by atoms with Crippen LogP contribution in [0.1, 0.15) is 27.2 Å². The summed E-state index contributed by atoms with van der Waals surface area (Å²) in [4.78, 5) is 18.3. The van der Waals surface area contributed by atoms with E-state index in [9.17, 15) is 4.79 Å². The lowest BCUT2D eigenvalue weighted by Crippen LogP contribution is -2.48. The number of hydrogen-bond donors (Lipinski definition) is 2. The Balaban J connectivity index is 0.00000529. The Labute approximate surface area is 162 Å². The number of carbonyl (C=O) groups excluding carboxylic acids is 1. The number of carbonyl (C=O) groups is 1. The first-order valence-corrected chi connectivity index (χ1v) is 8.49. The van der Waals surface area contributed by atoms with Gasteiger partial charge < -0.3 is 20.1 Å². The number of aliphatic imine (C=N–C) groups is 1. The first-order chi connectivity index (χ1) is 11.1. The van der Waals surface area contributed by atoms with Gasteiger partial charge in [0, 0.05) is 32.2 Å². The van der Waals surface area contributed by atoms with Crippen LogP contribution < -0.4 is 10.6 Å². The van der Waals surface area contributed by atoms with Crippen molar-refractivity contribution in [2.75, 3.05) is 53.0 Å². The first kappa shape index (κ1) is 23.4. The molecule has 1 aliphatic heterocycles. The van der Waals surface area contributed by atoms with E-state index in [2.05, 4.69) is 34.1 Å². The van der Waals surface area contributed by atoms with E-state index >= 15 is 0 Å². The van der Waals surface area contributed by atoms with Gasteiger partial charge in [-0.1, -0.05) is 13.8 Å². The van der Waals surface area contributed by atoms with Crippen molar-refractivity contribution in [3.8, 4) is 0 Å². The largest absolute Gasteiger partial charge is 0.469 e. The van der Waals surface area contributed by atoms with Crippen LogP contribution in [0, 0.1) is 5.92 Å². The van der Waals surface area contributed by atoms with E-state index in [1.165, 1.54) is 7.11 Å². The average molecular weight is 456 g/mol. The Morgan fingerprint density at radius 1 is 1.29 bits per heavy atom. The Morgan fingerprint density at radius 2 is 1.96 bits per heavy atom. The molecule has 1 saturated heterocycles. The maximum Gasteiger partial charge on any atom is 0.307 e. The van der Waals surface area contributed by atoms with Crippen molar-refractivity contribution in [2.45, 2.75) is 33.2 Å². The molecule has 1 heterocycles. The standard InChI is InChI=1S/C16H32N4O3.HI/c1-5-17-16(18-7-6-15(21)22-4)19-12-14(13(2)3)20-8-10-23-11-9-20;/h13-14H,5-12H2,1-4H3,(H2,17,18,19);1H. The van der Waals surface area contributed by atoms with E-state index in [-0.39, 0.29) is 29.9 Å². The summed E-state index contributed by atoms with van der Waals surface area (Å²) < 4.78 is 10.1. The zero-order chi connectivity index (χ0) is 17.1. The van der Waals surface area contributed by atoms with Crippen LogP contribution in [-0.4, -0.2) is 75.9 Å². The molecule has 0 aromatic rings. The molecule has 0 saturated carbocycles. The summed E-state index contributed by atoms with van der Waals surface area (Å²) in [5, 5.41) is 6.39. The molecule has 1 aliphatic rings. The highest BCUT2D eigenvalue weighted by molar-refractivity contribution is 14.0. The maximum absolute atomic E-state index is 11.2. The van der Waals surface area contributed by atoms with E-state index in [1.807, 2.05) is 6.92 Å². The second-order valence-corrected chi connectivity index (χ2v) is 5.93. The number of guanidine groups is 1. The molecule has 0 radical (unpaired) electrons. The summed E-state index contributed by atoms with van der Waals surface area (Å²) in [6.07, 6.45) is 0.331. The van der Waals surface area contributed by atoms with Crippen molar-refractivity contribution in [3.05, 3.63) is 0 Å². The molecule has 0 bridgehead atoms. The fourth-order valence-electron chi connectivity index (χ4n) is 2.57. The van der Waals surface area contributed by atoms with Crippen LogP contribution >= 0.6 is 24.0 Å². The third-order valence-corrected chi connectivity index (χ3v) is 3.91. The Kier molecular flexibility index (Phi) is 13.3. The molecule has 1 rings (SSSR count).